The van der Waals surface area contributed by atoms with Gasteiger partial charge in [0.1, 0.15) is 12.1 Å². The van der Waals surface area contributed by atoms with Gasteiger partial charge in [0.2, 0.25) is 0 Å². The van der Waals surface area contributed by atoms with Crippen molar-refractivity contribution in [3.8, 4) is 6.07 Å². The number of carboxylic acids is 1. The predicted molar refractivity (Wildman–Crippen MR) is 72.3 cm³/mol. The molecule has 104 valence electrons. The third-order valence-corrected chi connectivity index (χ3v) is 3.42. The van der Waals surface area contributed by atoms with Crippen LogP contribution in [-0.2, 0) is 4.79 Å². The molecule has 1 aromatic carbocycles. The van der Waals surface area contributed by atoms with Crippen molar-refractivity contribution in [3.63, 3.8) is 0 Å². The van der Waals surface area contributed by atoms with Gasteiger partial charge < -0.3 is 15.3 Å². The zero-order chi connectivity index (χ0) is 14.7. The molecule has 1 aliphatic heterocycles. The van der Waals surface area contributed by atoms with E-state index in [0.29, 0.717) is 30.6 Å². The van der Waals surface area contributed by atoms with Crippen molar-refractivity contribution in [2.45, 2.75) is 25.8 Å². The van der Waals surface area contributed by atoms with Crippen LogP contribution in [0.5, 0.6) is 0 Å². The average Bonchev–Trinajstić information content (AvgIpc) is 2.88. The zero-order valence-corrected chi connectivity index (χ0v) is 11.1. The second-order valence-electron chi connectivity index (χ2n) is 4.73. The monoisotopic (exact) mass is 273 g/mol. The van der Waals surface area contributed by atoms with Crippen molar-refractivity contribution >= 4 is 17.7 Å². The lowest BCUT2D eigenvalue weighted by atomic mass is 10.1. The van der Waals surface area contributed by atoms with Crippen molar-refractivity contribution in [2.24, 2.45) is 0 Å². The van der Waals surface area contributed by atoms with Crippen LogP contribution < -0.4 is 5.32 Å². The fourth-order valence-corrected chi connectivity index (χ4v) is 2.37. The summed E-state index contributed by atoms with van der Waals surface area (Å²) in [6.45, 7) is 2.20. The van der Waals surface area contributed by atoms with Gasteiger partial charge in [-0.15, -0.1) is 0 Å². The molecular weight excluding hydrogens is 258 g/mol. The van der Waals surface area contributed by atoms with Crippen molar-refractivity contribution in [1.82, 2.24) is 4.90 Å². The summed E-state index contributed by atoms with van der Waals surface area (Å²) in [5.41, 5.74) is 1.57. The maximum absolute atomic E-state index is 12.2. The zero-order valence-electron chi connectivity index (χ0n) is 11.1. The normalized spacial score (nSPS) is 17.6. The number of aliphatic carboxylic acids is 1. The molecule has 2 N–H and O–H groups in total. The molecule has 0 unspecified atom stereocenters. The summed E-state index contributed by atoms with van der Waals surface area (Å²) in [5, 5.41) is 20.8. The molecule has 1 saturated heterocycles. The minimum atomic E-state index is -0.998. The summed E-state index contributed by atoms with van der Waals surface area (Å²) in [7, 11) is 0. The van der Waals surface area contributed by atoms with Crippen molar-refractivity contribution < 1.29 is 14.7 Å². The van der Waals surface area contributed by atoms with Gasteiger partial charge >= 0.3 is 12.0 Å². The van der Waals surface area contributed by atoms with Crippen LogP contribution in [0, 0.1) is 18.3 Å². The summed E-state index contributed by atoms with van der Waals surface area (Å²) in [4.78, 5) is 24.5. The Labute approximate surface area is 116 Å². The van der Waals surface area contributed by atoms with E-state index in [-0.39, 0.29) is 0 Å². The van der Waals surface area contributed by atoms with Gasteiger partial charge in [0.25, 0.3) is 0 Å². The lowest BCUT2D eigenvalue weighted by Gasteiger charge is -2.22. The number of anilines is 1. The van der Waals surface area contributed by atoms with Crippen molar-refractivity contribution in [1.29, 1.82) is 5.26 Å². The number of amides is 2. The third kappa shape index (κ3) is 2.57. The molecule has 1 aliphatic rings. The smallest absolute Gasteiger partial charge is 0.326 e. The number of hydrogen-bond acceptors (Lipinski definition) is 3. The van der Waals surface area contributed by atoms with Crippen LogP contribution in [-0.4, -0.2) is 34.6 Å². The van der Waals surface area contributed by atoms with Gasteiger partial charge in [-0.3, -0.25) is 0 Å². The third-order valence-electron chi connectivity index (χ3n) is 3.42. The first-order valence-electron chi connectivity index (χ1n) is 6.34. The van der Waals surface area contributed by atoms with Gasteiger partial charge in [0, 0.05) is 6.54 Å². The number of hydrogen-bond donors (Lipinski definition) is 2. The van der Waals surface area contributed by atoms with E-state index in [0.717, 1.165) is 5.56 Å². The fourth-order valence-electron chi connectivity index (χ4n) is 2.37. The van der Waals surface area contributed by atoms with Crippen LogP contribution in [0.25, 0.3) is 0 Å². The van der Waals surface area contributed by atoms with E-state index in [1.165, 1.54) is 4.90 Å². The molecule has 0 radical (unpaired) electrons. The molecule has 1 fully saturated rings. The Morgan fingerprint density at radius 3 is 2.90 bits per heavy atom. The van der Waals surface area contributed by atoms with E-state index in [2.05, 4.69) is 5.32 Å². The van der Waals surface area contributed by atoms with Crippen LogP contribution in [0.1, 0.15) is 24.0 Å². The van der Waals surface area contributed by atoms with E-state index in [9.17, 15) is 9.59 Å². The Bertz CT molecular complexity index is 592. The highest BCUT2D eigenvalue weighted by molar-refractivity contribution is 5.94. The highest BCUT2D eigenvalue weighted by Crippen LogP contribution is 2.22. The van der Waals surface area contributed by atoms with Gasteiger partial charge in [-0.25, -0.2) is 9.59 Å². The lowest BCUT2D eigenvalue weighted by molar-refractivity contribution is -0.141. The molecule has 2 rings (SSSR count). The van der Waals surface area contributed by atoms with Gasteiger partial charge in [-0.1, -0.05) is 12.1 Å². The van der Waals surface area contributed by atoms with Crippen molar-refractivity contribution in [2.75, 3.05) is 11.9 Å². The first kappa shape index (κ1) is 13.9. The van der Waals surface area contributed by atoms with Crippen LogP contribution in [0.3, 0.4) is 0 Å². The number of nitriles is 1. The number of urea groups is 1. The minimum Gasteiger partial charge on any atom is -0.480 e. The maximum Gasteiger partial charge on any atom is 0.326 e. The Morgan fingerprint density at radius 1 is 1.50 bits per heavy atom. The molecule has 0 aliphatic carbocycles. The molecule has 6 heteroatoms. The number of nitrogens with one attached hydrogen (secondary N) is 1. The summed E-state index contributed by atoms with van der Waals surface area (Å²) < 4.78 is 0. The lowest BCUT2D eigenvalue weighted by Crippen LogP contribution is -2.42. The predicted octanol–water partition coefficient (Wildman–Crippen LogP) is 1.95. The minimum absolute atomic E-state index is 0.395. The highest BCUT2D eigenvalue weighted by atomic mass is 16.4. The van der Waals surface area contributed by atoms with Crippen LogP contribution >= 0.6 is 0 Å². The Kier molecular flexibility index (Phi) is 3.89. The Hall–Kier alpha value is -2.55. The maximum atomic E-state index is 12.2. The molecule has 0 aromatic heterocycles. The molecule has 0 bridgehead atoms. The van der Waals surface area contributed by atoms with Crippen molar-refractivity contribution in [3.05, 3.63) is 29.3 Å². The molecule has 1 heterocycles. The van der Waals surface area contributed by atoms with E-state index in [1.807, 2.05) is 6.07 Å². The summed E-state index contributed by atoms with van der Waals surface area (Å²) >= 11 is 0. The summed E-state index contributed by atoms with van der Waals surface area (Å²) in [6.07, 6.45) is 1.13. The first-order chi connectivity index (χ1) is 9.54. The molecule has 1 aromatic rings. The highest BCUT2D eigenvalue weighted by Gasteiger charge is 2.34. The second-order valence-corrected chi connectivity index (χ2v) is 4.73. The molecule has 1 atom stereocenters. The number of likely N-dealkylation sites (tertiary alicyclic amines) is 1. The molecule has 2 amide bonds. The number of carboxylic acid groups (broad SMARTS) is 1. The second kappa shape index (κ2) is 5.61. The molecule has 0 spiro atoms. The largest absolute Gasteiger partial charge is 0.480 e. The Morgan fingerprint density at radius 2 is 2.25 bits per heavy atom. The van der Waals surface area contributed by atoms with E-state index >= 15 is 0 Å². The van der Waals surface area contributed by atoms with Crippen LogP contribution in [0.2, 0.25) is 0 Å². The van der Waals surface area contributed by atoms with E-state index in [1.54, 1.807) is 25.1 Å². The topological polar surface area (TPSA) is 93.4 Å². The number of benzene rings is 1. The number of nitrogens with zero attached hydrogens (tertiary/aromatic N) is 2. The average molecular weight is 273 g/mol. The first-order valence-corrected chi connectivity index (χ1v) is 6.34. The SMILES string of the molecule is Cc1cccc(NC(=O)N2CCC[C@H]2C(=O)O)c1C#N. The number of carbonyl (C=O) groups excluding carboxylic acids is 1. The van der Waals surface area contributed by atoms with E-state index in [4.69, 9.17) is 10.4 Å². The molecule has 20 heavy (non-hydrogen) atoms. The van der Waals surface area contributed by atoms with Crippen LogP contribution in [0.15, 0.2) is 18.2 Å². The standard InChI is InChI=1S/C14H15N3O3/c1-9-4-2-5-11(10(9)8-15)16-14(20)17-7-3-6-12(17)13(18)19/h2,4-5,12H,3,6-7H2,1H3,(H,16,20)(H,18,19)/t12-/m0/s1. The Balaban J connectivity index is 2.19. The molecule has 0 saturated carbocycles. The van der Waals surface area contributed by atoms with Crippen LogP contribution in [0.4, 0.5) is 10.5 Å². The number of aryl methyl sites for hydroxylation is 1. The van der Waals surface area contributed by atoms with Gasteiger partial charge in [0.05, 0.1) is 11.3 Å². The van der Waals surface area contributed by atoms with Gasteiger partial charge in [-0.05, 0) is 31.4 Å². The van der Waals surface area contributed by atoms with Gasteiger partial charge in [0.15, 0.2) is 0 Å². The number of carbonyl (C=O) groups is 2. The van der Waals surface area contributed by atoms with E-state index < -0.39 is 18.0 Å². The molecular formula is C14H15N3O3. The summed E-state index contributed by atoms with van der Waals surface area (Å²) in [5.74, 6) is -0.998. The molecule has 6 nitrogen and oxygen atoms in total. The fraction of sp³-hybridized carbons (Fsp3) is 0.357. The summed E-state index contributed by atoms with van der Waals surface area (Å²) in [6, 6.07) is 5.94. The van der Waals surface area contributed by atoms with Gasteiger partial charge in [-0.2, -0.15) is 5.26 Å². The quantitative estimate of drug-likeness (QED) is 0.861. The number of rotatable bonds is 2.